The predicted molar refractivity (Wildman–Crippen MR) is 48.8 cm³/mol. The molecule has 0 aromatic carbocycles. The molecule has 5 heteroatoms. The van der Waals surface area contributed by atoms with E-state index in [0.29, 0.717) is 13.1 Å². The molecule has 0 saturated carbocycles. The highest BCUT2D eigenvalue weighted by molar-refractivity contribution is 5.85. The van der Waals surface area contributed by atoms with Crippen LogP contribution in [0.3, 0.4) is 0 Å². The van der Waals surface area contributed by atoms with Gasteiger partial charge in [-0.2, -0.15) is 0 Å². The van der Waals surface area contributed by atoms with E-state index >= 15 is 0 Å². The summed E-state index contributed by atoms with van der Waals surface area (Å²) >= 11 is 0. The van der Waals surface area contributed by atoms with E-state index in [2.05, 4.69) is 0 Å². The smallest absolute Gasteiger partial charge is 0.0895 e. The number of rotatable bonds is 4. The molecule has 0 unspecified atom stereocenters. The van der Waals surface area contributed by atoms with E-state index in [1.165, 1.54) is 0 Å². The molecule has 0 aromatic rings. The van der Waals surface area contributed by atoms with Crippen molar-refractivity contribution >= 4 is 12.4 Å². The van der Waals surface area contributed by atoms with Crippen LogP contribution in [0.5, 0.6) is 0 Å². The average molecular weight is 195 g/mol. The molecule has 72 valence electrons. The van der Waals surface area contributed by atoms with Gasteiger partial charge < -0.3 is 20.0 Å². The van der Waals surface area contributed by atoms with Crippen molar-refractivity contribution in [2.24, 2.45) is 0 Å². The number of β-amino-alcohol motifs (C(OH)–C–C–N with tert-alkyl or cyclic N) is 2. The molecule has 0 saturated heterocycles. The topological polar surface area (TPSA) is 46.9 Å². The Kier molecular flexibility index (Phi) is 5.88. The number of hydrogen-bond donors (Lipinski definition) is 2. The van der Waals surface area contributed by atoms with Crippen LogP contribution >= 0.6 is 12.4 Å². The van der Waals surface area contributed by atoms with Crippen LogP contribution < -0.4 is 0 Å². The zero-order chi connectivity index (χ0) is 8.10. The van der Waals surface area contributed by atoms with E-state index in [1.54, 1.807) is 0 Å². The van der Waals surface area contributed by atoms with Gasteiger partial charge in [0.2, 0.25) is 0 Å². The molecule has 0 bridgehead atoms. The lowest BCUT2D eigenvalue weighted by atomic mass is 10.6. The van der Waals surface area contributed by atoms with Crippen LogP contribution in [0.25, 0.3) is 0 Å². The van der Waals surface area contributed by atoms with Gasteiger partial charge in [-0.1, -0.05) is 0 Å². The molecule has 1 aliphatic heterocycles. The summed E-state index contributed by atoms with van der Waals surface area (Å²) in [4.78, 5) is 3.99. The SMILES string of the molecule is Cl.OCCN1C=CN(CCO)C1. The quantitative estimate of drug-likeness (QED) is 0.630. The zero-order valence-corrected chi connectivity index (χ0v) is 7.70. The lowest BCUT2D eigenvalue weighted by Gasteiger charge is -2.19. The van der Waals surface area contributed by atoms with Gasteiger partial charge in [0.15, 0.2) is 0 Å². The molecule has 0 atom stereocenters. The van der Waals surface area contributed by atoms with Gasteiger partial charge in [-0.15, -0.1) is 12.4 Å². The van der Waals surface area contributed by atoms with Crippen molar-refractivity contribution in [3.8, 4) is 0 Å². The van der Waals surface area contributed by atoms with Crippen LogP contribution in [0.15, 0.2) is 12.4 Å². The molecule has 0 aliphatic carbocycles. The maximum absolute atomic E-state index is 8.60. The third-order valence-electron chi connectivity index (χ3n) is 1.63. The molecular weight excluding hydrogens is 180 g/mol. The standard InChI is InChI=1S/C7H14N2O2.ClH/c10-5-3-8-1-2-9(7-8)4-6-11;/h1-2,10-11H,3-7H2;1H. The van der Waals surface area contributed by atoms with Crippen LogP contribution in [-0.4, -0.2) is 53.0 Å². The minimum Gasteiger partial charge on any atom is -0.395 e. The van der Waals surface area contributed by atoms with E-state index in [4.69, 9.17) is 10.2 Å². The second-order valence-electron chi connectivity index (χ2n) is 2.51. The Morgan fingerprint density at radius 2 is 1.42 bits per heavy atom. The third kappa shape index (κ3) is 3.30. The lowest BCUT2D eigenvalue weighted by molar-refractivity contribution is 0.183. The van der Waals surface area contributed by atoms with Crippen molar-refractivity contribution in [1.82, 2.24) is 9.80 Å². The minimum atomic E-state index is 0. The van der Waals surface area contributed by atoms with Crippen LogP contribution in [0, 0.1) is 0 Å². The first-order valence-electron chi connectivity index (χ1n) is 3.75. The van der Waals surface area contributed by atoms with Gasteiger partial charge in [0, 0.05) is 25.5 Å². The van der Waals surface area contributed by atoms with Crippen molar-refractivity contribution in [2.75, 3.05) is 33.0 Å². The van der Waals surface area contributed by atoms with E-state index in [0.717, 1.165) is 6.67 Å². The number of aliphatic hydroxyl groups excluding tert-OH is 2. The van der Waals surface area contributed by atoms with Crippen molar-refractivity contribution in [3.63, 3.8) is 0 Å². The van der Waals surface area contributed by atoms with Gasteiger partial charge >= 0.3 is 0 Å². The summed E-state index contributed by atoms with van der Waals surface area (Å²) in [6, 6.07) is 0. The first kappa shape index (κ1) is 11.6. The van der Waals surface area contributed by atoms with Crippen LogP contribution in [0.2, 0.25) is 0 Å². The minimum absolute atomic E-state index is 0. The monoisotopic (exact) mass is 194 g/mol. The normalized spacial score (nSPS) is 15.2. The Morgan fingerprint density at radius 3 is 1.75 bits per heavy atom. The zero-order valence-electron chi connectivity index (χ0n) is 6.89. The molecule has 0 spiro atoms. The van der Waals surface area contributed by atoms with E-state index < -0.39 is 0 Å². The summed E-state index contributed by atoms with van der Waals surface area (Å²) in [5, 5.41) is 17.2. The molecule has 12 heavy (non-hydrogen) atoms. The van der Waals surface area contributed by atoms with Gasteiger partial charge in [-0.3, -0.25) is 0 Å². The molecule has 0 amide bonds. The fourth-order valence-corrected chi connectivity index (χ4v) is 1.06. The van der Waals surface area contributed by atoms with Crippen LogP contribution in [0.4, 0.5) is 0 Å². The molecule has 0 radical (unpaired) electrons. The van der Waals surface area contributed by atoms with Gasteiger partial charge in [-0.05, 0) is 0 Å². The highest BCUT2D eigenvalue weighted by Gasteiger charge is 2.09. The summed E-state index contributed by atoms with van der Waals surface area (Å²) in [7, 11) is 0. The molecule has 1 heterocycles. The van der Waals surface area contributed by atoms with E-state index in [-0.39, 0.29) is 25.6 Å². The van der Waals surface area contributed by atoms with Gasteiger partial charge in [0.25, 0.3) is 0 Å². The molecule has 4 nitrogen and oxygen atoms in total. The summed E-state index contributed by atoms with van der Waals surface area (Å²) in [5.74, 6) is 0. The van der Waals surface area contributed by atoms with Crippen molar-refractivity contribution in [2.45, 2.75) is 0 Å². The Hall–Kier alpha value is -0.450. The largest absolute Gasteiger partial charge is 0.395 e. The lowest BCUT2D eigenvalue weighted by Crippen LogP contribution is -2.29. The Balaban J connectivity index is 0.00000121. The molecule has 0 fully saturated rings. The second-order valence-corrected chi connectivity index (χ2v) is 2.51. The fourth-order valence-electron chi connectivity index (χ4n) is 1.06. The number of aliphatic hydroxyl groups is 2. The number of halogens is 1. The maximum Gasteiger partial charge on any atom is 0.0895 e. The fraction of sp³-hybridized carbons (Fsp3) is 0.714. The summed E-state index contributed by atoms with van der Waals surface area (Å²) in [6.45, 7) is 2.46. The maximum atomic E-state index is 8.60. The second kappa shape index (κ2) is 6.11. The predicted octanol–water partition coefficient (Wildman–Crippen LogP) is -0.561. The van der Waals surface area contributed by atoms with Crippen molar-refractivity contribution in [3.05, 3.63) is 12.4 Å². The Morgan fingerprint density at radius 1 is 1.00 bits per heavy atom. The van der Waals surface area contributed by atoms with Gasteiger partial charge in [-0.25, -0.2) is 0 Å². The van der Waals surface area contributed by atoms with E-state index in [1.807, 2.05) is 22.2 Å². The molecule has 1 aliphatic rings. The number of nitrogens with zero attached hydrogens (tertiary/aromatic N) is 2. The van der Waals surface area contributed by atoms with Crippen molar-refractivity contribution in [1.29, 1.82) is 0 Å². The Bertz CT molecular complexity index is 129. The summed E-state index contributed by atoms with van der Waals surface area (Å²) in [5.41, 5.74) is 0. The average Bonchev–Trinajstić information content (AvgIpc) is 2.38. The molecular formula is C7H15ClN2O2. The van der Waals surface area contributed by atoms with E-state index in [9.17, 15) is 0 Å². The summed E-state index contributed by atoms with van der Waals surface area (Å²) in [6.07, 6.45) is 3.84. The Labute approximate surface area is 78.5 Å². The molecule has 0 aromatic heterocycles. The van der Waals surface area contributed by atoms with Gasteiger partial charge in [0.05, 0.1) is 19.9 Å². The van der Waals surface area contributed by atoms with Gasteiger partial charge in [0.1, 0.15) is 0 Å². The summed E-state index contributed by atoms with van der Waals surface area (Å²) < 4.78 is 0. The third-order valence-corrected chi connectivity index (χ3v) is 1.63. The number of hydrogen-bond acceptors (Lipinski definition) is 4. The first-order valence-corrected chi connectivity index (χ1v) is 3.75. The van der Waals surface area contributed by atoms with Crippen molar-refractivity contribution < 1.29 is 10.2 Å². The highest BCUT2D eigenvalue weighted by atomic mass is 35.5. The van der Waals surface area contributed by atoms with Crippen LogP contribution in [-0.2, 0) is 0 Å². The molecule has 1 rings (SSSR count). The first-order chi connectivity index (χ1) is 5.36. The van der Waals surface area contributed by atoms with Crippen LogP contribution in [0.1, 0.15) is 0 Å². The molecule has 2 N–H and O–H groups in total. The highest BCUT2D eigenvalue weighted by Crippen LogP contribution is 2.03.